The molecule has 0 unspecified atom stereocenters. The number of benzene rings is 1. The first-order valence-corrected chi connectivity index (χ1v) is 3.68. The Hall–Kier alpha value is -0.220. The van der Waals surface area contributed by atoms with E-state index in [1.807, 2.05) is 0 Å². The monoisotopic (exact) mass is 176 g/mol. The molecule has 0 bridgehead atoms. The van der Waals surface area contributed by atoms with Crippen LogP contribution < -0.4 is 0 Å². The molecular formula is C6H5ClO2S. The maximum absolute atomic E-state index is 8.02. The minimum absolute atomic E-state index is 0.669. The van der Waals surface area contributed by atoms with E-state index in [1.54, 1.807) is 24.3 Å². The van der Waals surface area contributed by atoms with Crippen LogP contribution >= 0.6 is 23.6 Å². The lowest BCUT2D eigenvalue weighted by atomic mass is 10.4. The van der Waals surface area contributed by atoms with Crippen molar-refractivity contribution in [2.75, 3.05) is 0 Å². The largest absolute Gasteiger partial charge is 0.239 e. The van der Waals surface area contributed by atoms with E-state index in [0.29, 0.717) is 5.02 Å². The molecule has 0 saturated heterocycles. The third-order valence-corrected chi connectivity index (χ3v) is 1.74. The van der Waals surface area contributed by atoms with Gasteiger partial charge >= 0.3 is 0 Å². The zero-order valence-corrected chi connectivity index (χ0v) is 6.52. The van der Waals surface area contributed by atoms with Crippen molar-refractivity contribution in [2.45, 2.75) is 4.90 Å². The Balaban J connectivity index is 2.69. The first-order chi connectivity index (χ1) is 4.83. The fourth-order valence-corrected chi connectivity index (χ4v) is 0.992. The van der Waals surface area contributed by atoms with Crippen molar-refractivity contribution in [1.29, 1.82) is 0 Å². The molecule has 0 atom stereocenters. The van der Waals surface area contributed by atoms with Crippen molar-refractivity contribution in [1.82, 2.24) is 0 Å². The van der Waals surface area contributed by atoms with Crippen molar-refractivity contribution in [2.24, 2.45) is 0 Å². The Labute approximate surface area is 67.9 Å². The first-order valence-electron chi connectivity index (χ1n) is 2.56. The first kappa shape index (κ1) is 7.88. The molecule has 0 heterocycles. The summed E-state index contributed by atoms with van der Waals surface area (Å²) in [5.41, 5.74) is 0. The Morgan fingerprint density at radius 1 is 1.30 bits per heavy atom. The maximum Gasteiger partial charge on any atom is 0.0679 e. The highest BCUT2D eigenvalue weighted by molar-refractivity contribution is 7.94. The fourth-order valence-electron chi connectivity index (χ4n) is 0.533. The number of hydrogen-bond donors (Lipinski definition) is 1. The van der Waals surface area contributed by atoms with Gasteiger partial charge in [-0.3, -0.25) is 0 Å². The second kappa shape index (κ2) is 3.83. The van der Waals surface area contributed by atoms with Gasteiger partial charge in [0.15, 0.2) is 0 Å². The summed E-state index contributed by atoms with van der Waals surface area (Å²) in [5, 5.41) is 8.69. The van der Waals surface area contributed by atoms with E-state index in [-0.39, 0.29) is 0 Å². The molecule has 54 valence electrons. The van der Waals surface area contributed by atoms with Gasteiger partial charge in [0.1, 0.15) is 0 Å². The fraction of sp³-hybridized carbons (Fsp3) is 0. The summed E-state index contributed by atoms with van der Waals surface area (Å²) in [6, 6.07) is 6.96. The summed E-state index contributed by atoms with van der Waals surface area (Å²) in [5.74, 6) is 0. The number of rotatable bonds is 2. The van der Waals surface area contributed by atoms with E-state index < -0.39 is 0 Å². The molecule has 1 aromatic rings. The normalized spacial score (nSPS) is 9.80. The SMILES string of the molecule is OOSc1ccc(Cl)cc1. The summed E-state index contributed by atoms with van der Waals surface area (Å²) in [4.78, 5) is 0.812. The average molecular weight is 177 g/mol. The lowest BCUT2D eigenvalue weighted by Crippen LogP contribution is -1.71. The topological polar surface area (TPSA) is 29.5 Å². The molecule has 0 aromatic heterocycles. The summed E-state index contributed by atoms with van der Waals surface area (Å²) in [7, 11) is 0. The van der Waals surface area contributed by atoms with Crippen LogP contribution in [0.3, 0.4) is 0 Å². The Morgan fingerprint density at radius 3 is 2.40 bits per heavy atom. The Kier molecular flexibility index (Phi) is 3.02. The second-order valence-corrected chi connectivity index (χ2v) is 2.84. The van der Waals surface area contributed by atoms with Crippen LogP contribution in [-0.2, 0) is 4.33 Å². The van der Waals surface area contributed by atoms with E-state index in [1.165, 1.54) is 0 Å². The summed E-state index contributed by atoms with van der Waals surface area (Å²) >= 11 is 6.48. The molecule has 0 radical (unpaired) electrons. The molecular weight excluding hydrogens is 172 g/mol. The van der Waals surface area contributed by atoms with Gasteiger partial charge in [0.2, 0.25) is 0 Å². The highest BCUT2D eigenvalue weighted by Gasteiger charge is 1.91. The summed E-state index contributed by atoms with van der Waals surface area (Å²) in [6.45, 7) is 0. The number of halogens is 1. The van der Waals surface area contributed by atoms with Gasteiger partial charge in [-0.25, -0.2) is 5.26 Å². The third kappa shape index (κ3) is 2.19. The smallest absolute Gasteiger partial charge is 0.0679 e. The Morgan fingerprint density at radius 2 is 1.90 bits per heavy atom. The highest BCUT2D eigenvalue weighted by atomic mass is 35.5. The predicted molar refractivity (Wildman–Crippen MR) is 41.0 cm³/mol. The van der Waals surface area contributed by atoms with Crippen LogP contribution in [-0.4, -0.2) is 5.26 Å². The van der Waals surface area contributed by atoms with Crippen LogP contribution in [0.5, 0.6) is 0 Å². The quantitative estimate of drug-likeness (QED) is 0.427. The van der Waals surface area contributed by atoms with Gasteiger partial charge < -0.3 is 0 Å². The molecule has 0 amide bonds. The van der Waals surface area contributed by atoms with Gasteiger partial charge in [0.05, 0.1) is 12.0 Å². The third-order valence-electron chi connectivity index (χ3n) is 0.947. The molecule has 10 heavy (non-hydrogen) atoms. The highest BCUT2D eigenvalue weighted by Crippen LogP contribution is 2.19. The molecule has 0 aliphatic heterocycles. The van der Waals surface area contributed by atoms with E-state index >= 15 is 0 Å². The molecule has 0 fully saturated rings. The van der Waals surface area contributed by atoms with E-state index in [2.05, 4.69) is 4.33 Å². The minimum Gasteiger partial charge on any atom is -0.239 e. The van der Waals surface area contributed by atoms with E-state index in [9.17, 15) is 0 Å². The van der Waals surface area contributed by atoms with Crippen LogP contribution in [0.4, 0.5) is 0 Å². The lowest BCUT2D eigenvalue weighted by Gasteiger charge is -1.93. The molecule has 2 nitrogen and oxygen atoms in total. The van der Waals surface area contributed by atoms with Gasteiger partial charge in [-0.15, -0.1) is 0 Å². The maximum atomic E-state index is 8.02. The molecule has 1 N–H and O–H groups in total. The van der Waals surface area contributed by atoms with Gasteiger partial charge in [-0.05, 0) is 24.3 Å². The zero-order valence-electron chi connectivity index (χ0n) is 4.95. The van der Waals surface area contributed by atoms with Gasteiger partial charge in [-0.2, -0.15) is 4.33 Å². The molecule has 0 saturated carbocycles. The molecule has 0 aliphatic rings. The second-order valence-electron chi connectivity index (χ2n) is 1.61. The van der Waals surface area contributed by atoms with Crippen molar-refractivity contribution in [3.63, 3.8) is 0 Å². The van der Waals surface area contributed by atoms with Crippen molar-refractivity contribution in [3.8, 4) is 0 Å². The summed E-state index contributed by atoms with van der Waals surface area (Å²) in [6.07, 6.45) is 0. The van der Waals surface area contributed by atoms with Crippen molar-refractivity contribution >= 4 is 23.6 Å². The predicted octanol–water partition coefficient (Wildman–Crippen LogP) is 2.84. The van der Waals surface area contributed by atoms with E-state index in [0.717, 1.165) is 16.9 Å². The van der Waals surface area contributed by atoms with Gasteiger partial charge in [0.25, 0.3) is 0 Å². The summed E-state index contributed by atoms with van der Waals surface area (Å²) < 4.78 is 3.84. The molecule has 0 spiro atoms. The molecule has 1 rings (SSSR count). The van der Waals surface area contributed by atoms with Crippen molar-refractivity contribution < 1.29 is 9.59 Å². The van der Waals surface area contributed by atoms with Crippen molar-refractivity contribution in [3.05, 3.63) is 29.3 Å². The van der Waals surface area contributed by atoms with Crippen LogP contribution in [0.2, 0.25) is 5.02 Å². The lowest BCUT2D eigenvalue weighted by molar-refractivity contribution is -0.116. The standard InChI is InChI=1S/C6H5ClO2S/c7-5-1-3-6(4-2-5)10-9-8/h1-4,8H. The Bertz CT molecular complexity index is 199. The number of hydrogen-bond acceptors (Lipinski definition) is 3. The van der Waals surface area contributed by atoms with Crippen LogP contribution in [0, 0.1) is 0 Å². The van der Waals surface area contributed by atoms with E-state index in [4.69, 9.17) is 16.9 Å². The van der Waals surface area contributed by atoms with Gasteiger partial charge in [0, 0.05) is 9.92 Å². The van der Waals surface area contributed by atoms with Crippen LogP contribution in [0.25, 0.3) is 0 Å². The molecule has 1 aromatic carbocycles. The van der Waals surface area contributed by atoms with Gasteiger partial charge in [-0.1, -0.05) is 11.6 Å². The van der Waals surface area contributed by atoms with Crippen LogP contribution in [0.15, 0.2) is 29.2 Å². The molecule has 4 heteroatoms. The average Bonchev–Trinajstić information content (AvgIpc) is 1.95. The van der Waals surface area contributed by atoms with Crippen LogP contribution in [0.1, 0.15) is 0 Å². The zero-order chi connectivity index (χ0) is 7.40. The minimum atomic E-state index is 0.669. The molecule has 0 aliphatic carbocycles.